The number of para-hydroxylation sites is 2. The normalized spacial score (nSPS) is 18.5. The van der Waals surface area contributed by atoms with Crippen molar-refractivity contribution >= 4 is 11.0 Å². The Morgan fingerprint density at radius 3 is 2.75 bits per heavy atom. The average molecular weight is 273 g/mol. The molecule has 0 radical (unpaired) electrons. The Labute approximate surface area is 119 Å². The maximum absolute atomic E-state index is 6.15. The summed E-state index contributed by atoms with van der Waals surface area (Å²) in [7, 11) is 0. The molecule has 0 amide bonds. The SMILES string of the molecule is CCCn1c(C2(CN)CCOCC2)nc2ccccc21. The lowest BCUT2D eigenvalue weighted by Gasteiger charge is -2.35. The molecular weight excluding hydrogens is 250 g/mol. The molecule has 1 aromatic heterocycles. The first-order chi connectivity index (χ1) is 9.80. The Hall–Kier alpha value is -1.39. The summed E-state index contributed by atoms with van der Waals surface area (Å²) in [6, 6.07) is 8.38. The number of fused-ring (bicyclic) bond motifs is 1. The van der Waals surface area contributed by atoms with Crippen LogP contribution in [0, 0.1) is 0 Å². The van der Waals surface area contributed by atoms with Gasteiger partial charge in [-0.1, -0.05) is 19.1 Å². The maximum atomic E-state index is 6.15. The van der Waals surface area contributed by atoms with E-state index in [1.165, 1.54) is 5.52 Å². The van der Waals surface area contributed by atoms with Crippen LogP contribution < -0.4 is 5.73 Å². The van der Waals surface area contributed by atoms with Gasteiger partial charge in [0.05, 0.1) is 11.0 Å². The molecule has 20 heavy (non-hydrogen) atoms. The summed E-state index contributed by atoms with van der Waals surface area (Å²) in [5.41, 5.74) is 8.43. The molecule has 1 aliphatic rings. The van der Waals surface area contributed by atoms with Gasteiger partial charge in [-0.05, 0) is 31.4 Å². The van der Waals surface area contributed by atoms with Gasteiger partial charge in [-0.25, -0.2) is 4.98 Å². The van der Waals surface area contributed by atoms with Crippen molar-refractivity contribution in [1.82, 2.24) is 9.55 Å². The van der Waals surface area contributed by atoms with E-state index in [0.717, 1.165) is 50.4 Å². The van der Waals surface area contributed by atoms with Crippen molar-refractivity contribution in [3.63, 3.8) is 0 Å². The van der Waals surface area contributed by atoms with Gasteiger partial charge in [0.1, 0.15) is 5.82 Å². The van der Waals surface area contributed by atoms with Crippen molar-refractivity contribution in [2.75, 3.05) is 19.8 Å². The Morgan fingerprint density at radius 2 is 2.05 bits per heavy atom. The number of hydrogen-bond acceptors (Lipinski definition) is 3. The predicted octanol–water partition coefficient (Wildman–Crippen LogP) is 2.45. The van der Waals surface area contributed by atoms with E-state index in [4.69, 9.17) is 15.5 Å². The lowest BCUT2D eigenvalue weighted by Crippen LogP contribution is -2.42. The van der Waals surface area contributed by atoms with E-state index in [0.29, 0.717) is 6.54 Å². The van der Waals surface area contributed by atoms with Crippen LogP contribution in [0.3, 0.4) is 0 Å². The zero-order chi connectivity index (χ0) is 14.0. The van der Waals surface area contributed by atoms with Crippen LogP contribution >= 0.6 is 0 Å². The first-order valence-electron chi connectivity index (χ1n) is 7.54. The summed E-state index contributed by atoms with van der Waals surface area (Å²) < 4.78 is 7.90. The van der Waals surface area contributed by atoms with Crippen LogP contribution in [-0.4, -0.2) is 29.3 Å². The highest BCUT2D eigenvalue weighted by Gasteiger charge is 2.37. The van der Waals surface area contributed by atoms with E-state index in [1.807, 2.05) is 0 Å². The molecule has 0 spiro atoms. The second kappa shape index (κ2) is 5.54. The molecule has 2 aromatic rings. The Kier molecular flexibility index (Phi) is 3.76. The van der Waals surface area contributed by atoms with Crippen molar-refractivity contribution in [3.8, 4) is 0 Å². The molecule has 4 heteroatoms. The van der Waals surface area contributed by atoms with Gasteiger partial charge in [0.25, 0.3) is 0 Å². The molecule has 3 rings (SSSR count). The monoisotopic (exact) mass is 273 g/mol. The zero-order valence-corrected chi connectivity index (χ0v) is 12.1. The molecule has 2 N–H and O–H groups in total. The smallest absolute Gasteiger partial charge is 0.117 e. The number of nitrogens with zero attached hydrogens (tertiary/aromatic N) is 2. The molecule has 108 valence electrons. The van der Waals surface area contributed by atoms with Crippen molar-refractivity contribution in [2.45, 2.75) is 38.1 Å². The van der Waals surface area contributed by atoms with Crippen molar-refractivity contribution in [1.29, 1.82) is 0 Å². The molecule has 0 atom stereocenters. The minimum absolute atomic E-state index is 0.0214. The second-order valence-electron chi connectivity index (χ2n) is 5.67. The van der Waals surface area contributed by atoms with Gasteiger partial charge in [-0.15, -0.1) is 0 Å². The van der Waals surface area contributed by atoms with Gasteiger partial charge >= 0.3 is 0 Å². The third-order valence-corrected chi connectivity index (χ3v) is 4.42. The number of nitrogens with two attached hydrogens (primary N) is 1. The first kappa shape index (κ1) is 13.6. The van der Waals surface area contributed by atoms with Crippen molar-refractivity contribution < 1.29 is 4.74 Å². The number of aromatic nitrogens is 2. The van der Waals surface area contributed by atoms with E-state index in [2.05, 4.69) is 35.8 Å². The number of imidazole rings is 1. The molecule has 4 nitrogen and oxygen atoms in total. The summed E-state index contributed by atoms with van der Waals surface area (Å²) in [4.78, 5) is 4.93. The highest BCUT2D eigenvalue weighted by atomic mass is 16.5. The van der Waals surface area contributed by atoms with Crippen LogP contribution in [0.25, 0.3) is 11.0 Å². The molecule has 2 heterocycles. The quantitative estimate of drug-likeness (QED) is 0.931. The summed E-state index contributed by atoms with van der Waals surface area (Å²) in [6.45, 7) is 5.42. The van der Waals surface area contributed by atoms with E-state index >= 15 is 0 Å². The van der Waals surface area contributed by atoms with Gasteiger partial charge in [-0.3, -0.25) is 0 Å². The number of aryl methyl sites for hydroxylation is 1. The first-order valence-corrected chi connectivity index (χ1v) is 7.54. The van der Waals surface area contributed by atoms with Gasteiger partial charge in [0.2, 0.25) is 0 Å². The van der Waals surface area contributed by atoms with Crippen LogP contribution in [-0.2, 0) is 16.7 Å². The number of benzene rings is 1. The molecule has 1 fully saturated rings. The molecule has 0 bridgehead atoms. The predicted molar refractivity (Wildman–Crippen MR) is 80.8 cm³/mol. The molecule has 1 aliphatic heterocycles. The summed E-state index contributed by atoms with van der Waals surface area (Å²) >= 11 is 0. The average Bonchev–Trinajstić information content (AvgIpc) is 2.88. The standard InChI is InChI=1S/C16H23N3O/c1-2-9-19-14-6-4-3-5-13(14)18-15(19)16(12-17)7-10-20-11-8-16/h3-6H,2,7-12,17H2,1H3. The molecule has 1 saturated heterocycles. The largest absolute Gasteiger partial charge is 0.381 e. The summed E-state index contributed by atoms with van der Waals surface area (Å²) in [5.74, 6) is 1.16. The van der Waals surface area contributed by atoms with Crippen LogP contribution in [0.2, 0.25) is 0 Å². The van der Waals surface area contributed by atoms with E-state index < -0.39 is 0 Å². The van der Waals surface area contributed by atoms with Crippen molar-refractivity contribution in [3.05, 3.63) is 30.1 Å². The van der Waals surface area contributed by atoms with Gasteiger partial charge in [0, 0.05) is 31.7 Å². The second-order valence-corrected chi connectivity index (χ2v) is 5.67. The number of rotatable bonds is 4. The van der Waals surface area contributed by atoms with Gasteiger partial charge in [0.15, 0.2) is 0 Å². The fourth-order valence-corrected chi connectivity index (χ4v) is 3.21. The third kappa shape index (κ3) is 2.13. The van der Waals surface area contributed by atoms with Crippen LogP contribution in [0.15, 0.2) is 24.3 Å². The molecule has 1 aromatic carbocycles. The minimum atomic E-state index is -0.0214. The fraction of sp³-hybridized carbons (Fsp3) is 0.562. The van der Waals surface area contributed by atoms with E-state index in [1.54, 1.807) is 0 Å². The third-order valence-electron chi connectivity index (χ3n) is 4.42. The Bertz CT molecular complexity index is 584. The highest BCUT2D eigenvalue weighted by molar-refractivity contribution is 5.76. The summed E-state index contributed by atoms with van der Waals surface area (Å²) in [5, 5.41) is 0. The van der Waals surface area contributed by atoms with E-state index in [9.17, 15) is 0 Å². The topological polar surface area (TPSA) is 53.1 Å². The van der Waals surface area contributed by atoms with E-state index in [-0.39, 0.29) is 5.41 Å². The lowest BCUT2D eigenvalue weighted by atomic mass is 9.79. The van der Waals surface area contributed by atoms with Gasteiger partial charge < -0.3 is 15.0 Å². The fourth-order valence-electron chi connectivity index (χ4n) is 3.21. The molecule has 0 aliphatic carbocycles. The molecule has 0 unspecified atom stereocenters. The maximum Gasteiger partial charge on any atom is 0.117 e. The van der Waals surface area contributed by atoms with Gasteiger partial charge in [-0.2, -0.15) is 0 Å². The van der Waals surface area contributed by atoms with Crippen LogP contribution in [0.4, 0.5) is 0 Å². The Morgan fingerprint density at radius 1 is 1.30 bits per heavy atom. The zero-order valence-electron chi connectivity index (χ0n) is 12.1. The lowest BCUT2D eigenvalue weighted by molar-refractivity contribution is 0.0488. The van der Waals surface area contributed by atoms with Crippen molar-refractivity contribution in [2.24, 2.45) is 5.73 Å². The minimum Gasteiger partial charge on any atom is -0.381 e. The molecular formula is C16H23N3O. The number of hydrogen-bond donors (Lipinski definition) is 1. The van der Waals surface area contributed by atoms with Crippen LogP contribution in [0.1, 0.15) is 32.0 Å². The Balaban J connectivity index is 2.15. The number of ether oxygens (including phenoxy) is 1. The van der Waals surface area contributed by atoms with Crippen LogP contribution in [0.5, 0.6) is 0 Å². The highest BCUT2D eigenvalue weighted by Crippen LogP contribution is 2.35. The summed E-state index contributed by atoms with van der Waals surface area (Å²) in [6.07, 6.45) is 3.04. The molecule has 0 saturated carbocycles.